The van der Waals surface area contributed by atoms with E-state index in [1.807, 2.05) is 10.6 Å². The smallest absolute Gasteiger partial charge is 0.140 e. The molecule has 0 fully saturated rings. The zero-order valence-electron chi connectivity index (χ0n) is 11.2. The van der Waals surface area contributed by atoms with Gasteiger partial charge in [-0.05, 0) is 35.9 Å². The Kier molecular flexibility index (Phi) is 4.27. The van der Waals surface area contributed by atoms with Gasteiger partial charge in [-0.3, -0.25) is 0 Å². The van der Waals surface area contributed by atoms with Gasteiger partial charge in [-0.25, -0.2) is 13.8 Å². The zero-order chi connectivity index (χ0) is 15.7. The molecule has 0 amide bonds. The lowest BCUT2D eigenvalue weighted by Crippen LogP contribution is -2.02. The average molecular weight is 384 g/mol. The van der Waals surface area contributed by atoms with Crippen LogP contribution in [0.3, 0.4) is 0 Å². The number of halogens is 4. The number of nitrogens with zero attached hydrogens (tertiary/aromatic N) is 2. The van der Waals surface area contributed by atoms with Gasteiger partial charge in [-0.15, -0.1) is 0 Å². The molecule has 0 N–H and O–H groups in total. The third-order valence-electron chi connectivity index (χ3n) is 3.11. The molecule has 0 bridgehead atoms. The Bertz CT molecular complexity index is 792. The molecule has 0 spiro atoms. The molecule has 0 unspecified atom stereocenters. The normalized spacial score (nSPS) is 10.9. The molecule has 22 heavy (non-hydrogen) atoms. The van der Waals surface area contributed by atoms with Gasteiger partial charge in [-0.1, -0.05) is 27.5 Å². The quantitative estimate of drug-likeness (QED) is 0.601. The maximum Gasteiger partial charge on any atom is 0.140 e. The lowest BCUT2D eigenvalue weighted by Gasteiger charge is -2.09. The zero-order valence-corrected chi connectivity index (χ0v) is 13.6. The molecule has 0 aliphatic rings. The van der Waals surface area contributed by atoms with E-state index in [-0.39, 0.29) is 0 Å². The minimum absolute atomic E-state index is 0.314. The Morgan fingerprint density at radius 3 is 2.45 bits per heavy atom. The van der Waals surface area contributed by atoms with Crippen LogP contribution in [-0.4, -0.2) is 9.55 Å². The van der Waals surface area contributed by atoms with Crippen molar-refractivity contribution < 1.29 is 8.78 Å². The van der Waals surface area contributed by atoms with Crippen LogP contribution < -0.4 is 0 Å². The van der Waals surface area contributed by atoms with E-state index >= 15 is 0 Å². The molecular weight excluding hydrogens is 374 g/mol. The van der Waals surface area contributed by atoms with Gasteiger partial charge in [0.05, 0.1) is 0 Å². The Balaban J connectivity index is 1.98. The second kappa shape index (κ2) is 6.18. The summed E-state index contributed by atoms with van der Waals surface area (Å²) < 4.78 is 29.2. The maximum atomic E-state index is 13.3. The molecule has 6 heteroatoms. The number of aromatic nitrogens is 2. The van der Waals surface area contributed by atoms with Crippen molar-refractivity contribution in [2.75, 3.05) is 0 Å². The molecular formula is C16H10BrClF2N2. The standard InChI is InChI=1S/C16H10BrClF2N2/c17-12-5-11(6-13(18)7-12)16-21-1-2-22(16)9-10-3-14(19)8-15(20)4-10/h1-8H,9H2. The third-order valence-corrected chi connectivity index (χ3v) is 3.79. The van der Waals surface area contributed by atoms with Crippen LogP contribution in [0.2, 0.25) is 5.02 Å². The van der Waals surface area contributed by atoms with Crippen LogP contribution in [0.1, 0.15) is 5.56 Å². The highest BCUT2D eigenvalue weighted by molar-refractivity contribution is 9.10. The molecule has 0 aliphatic carbocycles. The predicted molar refractivity (Wildman–Crippen MR) is 85.8 cm³/mol. The van der Waals surface area contributed by atoms with Crippen LogP contribution in [0.15, 0.2) is 53.3 Å². The van der Waals surface area contributed by atoms with Crippen molar-refractivity contribution in [1.29, 1.82) is 0 Å². The highest BCUT2D eigenvalue weighted by Gasteiger charge is 2.09. The van der Waals surface area contributed by atoms with Gasteiger partial charge < -0.3 is 4.57 Å². The van der Waals surface area contributed by atoms with Crippen molar-refractivity contribution in [2.24, 2.45) is 0 Å². The molecule has 0 aliphatic heterocycles. The largest absolute Gasteiger partial charge is 0.327 e. The van der Waals surface area contributed by atoms with Gasteiger partial charge >= 0.3 is 0 Å². The number of hydrogen-bond donors (Lipinski definition) is 0. The van der Waals surface area contributed by atoms with Crippen LogP contribution in [0, 0.1) is 11.6 Å². The molecule has 1 aromatic heterocycles. The van der Waals surface area contributed by atoms with Crippen LogP contribution in [0.25, 0.3) is 11.4 Å². The Morgan fingerprint density at radius 1 is 1.05 bits per heavy atom. The van der Waals surface area contributed by atoms with Crippen molar-refractivity contribution in [3.63, 3.8) is 0 Å². The molecule has 0 saturated heterocycles. The second-order valence-electron chi connectivity index (χ2n) is 4.81. The third kappa shape index (κ3) is 3.36. The van der Waals surface area contributed by atoms with Crippen molar-refractivity contribution in [1.82, 2.24) is 9.55 Å². The SMILES string of the molecule is Fc1cc(F)cc(Cn2ccnc2-c2cc(Cl)cc(Br)c2)c1. The van der Waals surface area contributed by atoms with Gasteiger partial charge in [0.2, 0.25) is 0 Å². The van der Waals surface area contributed by atoms with E-state index in [2.05, 4.69) is 20.9 Å². The Hall–Kier alpha value is -1.72. The lowest BCUT2D eigenvalue weighted by atomic mass is 10.2. The summed E-state index contributed by atoms with van der Waals surface area (Å²) in [6, 6.07) is 8.92. The summed E-state index contributed by atoms with van der Waals surface area (Å²) in [5.41, 5.74) is 1.35. The minimum Gasteiger partial charge on any atom is -0.327 e. The van der Waals surface area contributed by atoms with Crippen molar-refractivity contribution >= 4 is 27.5 Å². The predicted octanol–water partition coefficient (Wildman–Crippen LogP) is 5.29. The van der Waals surface area contributed by atoms with Crippen LogP contribution in [0.5, 0.6) is 0 Å². The summed E-state index contributed by atoms with van der Waals surface area (Å²) in [5, 5.41) is 0.579. The minimum atomic E-state index is -0.595. The highest BCUT2D eigenvalue weighted by atomic mass is 79.9. The molecule has 0 saturated carbocycles. The van der Waals surface area contributed by atoms with E-state index in [0.717, 1.165) is 16.1 Å². The molecule has 0 atom stereocenters. The maximum absolute atomic E-state index is 13.3. The van der Waals surface area contributed by atoms with Crippen molar-refractivity contribution in [2.45, 2.75) is 6.54 Å². The summed E-state index contributed by atoms with van der Waals surface area (Å²) in [6.45, 7) is 0.314. The van der Waals surface area contributed by atoms with E-state index in [4.69, 9.17) is 11.6 Å². The van der Waals surface area contributed by atoms with Crippen molar-refractivity contribution in [3.8, 4) is 11.4 Å². The number of benzene rings is 2. The first-order chi connectivity index (χ1) is 10.5. The summed E-state index contributed by atoms with van der Waals surface area (Å²) in [4.78, 5) is 4.31. The van der Waals surface area contributed by atoms with Crippen LogP contribution >= 0.6 is 27.5 Å². The van der Waals surface area contributed by atoms with E-state index in [1.54, 1.807) is 24.5 Å². The van der Waals surface area contributed by atoms with Gasteiger partial charge in [0.15, 0.2) is 0 Å². The van der Waals surface area contributed by atoms with E-state index < -0.39 is 11.6 Å². The highest BCUT2D eigenvalue weighted by Crippen LogP contribution is 2.27. The Morgan fingerprint density at radius 2 is 1.77 bits per heavy atom. The summed E-state index contributed by atoms with van der Waals surface area (Å²) in [6.07, 6.45) is 3.40. The lowest BCUT2D eigenvalue weighted by molar-refractivity contribution is 0.577. The topological polar surface area (TPSA) is 17.8 Å². The first-order valence-corrected chi connectivity index (χ1v) is 7.61. The molecule has 1 heterocycles. The Labute approximate surface area is 139 Å². The monoisotopic (exact) mass is 382 g/mol. The molecule has 2 aromatic carbocycles. The van der Waals surface area contributed by atoms with Crippen molar-refractivity contribution in [3.05, 3.63) is 75.5 Å². The second-order valence-corrected chi connectivity index (χ2v) is 6.17. The molecule has 0 radical (unpaired) electrons. The molecule has 3 aromatic rings. The van der Waals surface area contributed by atoms with Gasteiger partial charge in [0.25, 0.3) is 0 Å². The van der Waals surface area contributed by atoms with E-state index in [1.165, 1.54) is 12.1 Å². The number of hydrogen-bond acceptors (Lipinski definition) is 1. The summed E-state index contributed by atoms with van der Waals surface area (Å²) >= 11 is 9.44. The number of imidazole rings is 1. The van der Waals surface area contributed by atoms with E-state index in [0.29, 0.717) is 23.0 Å². The fourth-order valence-electron chi connectivity index (χ4n) is 2.28. The first-order valence-electron chi connectivity index (χ1n) is 6.44. The average Bonchev–Trinajstić information content (AvgIpc) is 2.84. The van der Waals surface area contributed by atoms with Gasteiger partial charge in [-0.2, -0.15) is 0 Å². The summed E-state index contributed by atoms with van der Waals surface area (Å²) in [7, 11) is 0. The molecule has 2 nitrogen and oxygen atoms in total. The van der Waals surface area contributed by atoms with Gasteiger partial charge in [0.1, 0.15) is 17.5 Å². The van der Waals surface area contributed by atoms with E-state index in [9.17, 15) is 8.78 Å². The number of rotatable bonds is 3. The van der Waals surface area contributed by atoms with Crippen LogP contribution in [-0.2, 0) is 6.54 Å². The molecule has 3 rings (SSSR count). The van der Waals surface area contributed by atoms with Crippen LogP contribution in [0.4, 0.5) is 8.78 Å². The fraction of sp³-hybridized carbons (Fsp3) is 0.0625. The summed E-state index contributed by atoms with van der Waals surface area (Å²) in [5.74, 6) is -0.516. The molecule has 112 valence electrons. The fourth-order valence-corrected chi connectivity index (χ4v) is 3.14. The van der Waals surface area contributed by atoms with Gasteiger partial charge in [0, 0.05) is 40.1 Å². The first kappa shape index (κ1) is 15.2.